The lowest BCUT2D eigenvalue weighted by Crippen LogP contribution is -2.36. The van der Waals surface area contributed by atoms with Gasteiger partial charge in [0.25, 0.3) is 0 Å². The largest absolute Gasteiger partial charge is 0.468 e. The molecule has 1 N–H and O–H groups in total. The van der Waals surface area contributed by atoms with E-state index < -0.39 is 34.7 Å². The fraction of sp³-hybridized carbons (Fsp3) is 0.429. The summed E-state index contributed by atoms with van der Waals surface area (Å²) in [5, 5.41) is 1.65. The van der Waals surface area contributed by atoms with E-state index in [1.165, 1.54) is 7.05 Å². The van der Waals surface area contributed by atoms with E-state index in [2.05, 4.69) is 24.3 Å². The Morgan fingerprint density at radius 3 is 1.75 bits per heavy atom. The molecular formula is C14H17NO8S. The number of thioether (sulfide) groups is 1. The second-order valence-electron chi connectivity index (χ2n) is 4.24. The van der Waals surface area contributed by atoms with Gasteiger partial charge in [0, 0.05) is 7.05 Å². The first-order valence-corrected chi connectivity index (χ1v) is 7.41. The Hall–Kier alpha value is -2.49. The molecule has 0 spiro atoms. The molecule has 1 rings (SSSR count). The molecule has 1 atom stereocenters. The second-order valence-corrected chi connectivity index (χ2v) is 5.35. The zero-order valence-corrected chi connectivity index (χ0v) is 14.6. The molecule has 9 nitrogen and oxygen atoms in total. The predicted octanol–water partition coefficient (Wildman–Crippen LogP) is -0.479. The van der Waals surface area contributed by atoms with Gasteiger partial charge in [0.2, 0.25) is 0 Å². The monoisotopic (exact) mass is 359 g/mol. The smallest absolute Gasteiger partial charge is 0.341 e. The molecule has 1 unspecified atom stereocenters. The summed E-state index contributed by atoms with van der Waals surface area (Å²) in [6.45, 7) is 0. The van der Waals surface area contributed by atoms with E-state index in [4.69, 9.17) is 0 Å². The van der Waals surface area contributed by atoms with Crippen LogP contribution in [0.1, 0.15) is 0 Å². The summed E-state index contributed by atoms with van der Waals surface area (Å²) >= 11 is 0.826. The number of methoxy groups -OCH3 is 4. The molecule has 1 aliphatic heterocycles. The van der Waals surface area contributed by atoms with Crippen LogP contribution in [0.25, 0.3) is 0 Å². The average Bonchev–Trinajstić information content (AvgIpc) is 2.63. The maximum Gasteiger partial charge on any atom is 0.341 e. The zero-order valence-electron chi connectivity index (χ0n) is 13.8. The summed E-state index contributed by atoms with van der Waals surface area (Å²) in [6.07, 6.45) is 0. The molecule has 0 aliphatic carbocycles. The minimum Gasteiger partial charge on any atom is -0.468 e. The van der Waals surface area contributed by atoms with E-state index in [-0.39, 0.29) is 16.2 Å². The number of rotatable bonds is 5. The van der Waals surface area contributed by atoms with E-state index in [1.54, 1.807) is 0 Å². The lowest BCUT2D eigenvalue weighted by Gasteiger charge is -2.27. The van der Waals surface area contributed by atoms with Gasteiger partial charge in [0.05, 0.1) is 44.6 Å². The molecule has 0 aromatic heterocycles. The van der Waals surface area contributed by atoms with Crippen LogP contribution in [0.2, 0.25) is 0 Å². The summed E-state index contributed by atoms with van der Waals surface area (Å²) in [7, 11) is 5.89. The van der Waals surface area contributed by atoms with Gasteiger partial charge in [-0.15, -0.1) is 0 Å². The number of ether oxygens (including phenoxy) is 4. The highest BCUT2D eigenvalue weighted by Crippen LogP contribution is 2.40. The van der Waals surface area contributed by atoms with Crippen LogP contribution in [0.3, 0.4) is 0 Å². The maximum absolute atomic E-state index is 12.2. The van der Waals surface area contributed by atoms with Gasteiger partial charge in [0.1, 0.15) is 10.8 Å². The van der Waals surface area contributed by atoms with Gasteiger partial charge >= 0.3 is 23.9 Å². The quantitative estimate of drug-likeness (QED) is 0.509. The van der Waals surface area contributed by atoms with Crippen LogP contribution in [-0.2, 0) is 38.1 Å². The molecule has 0 radical (unpaired) electrons. The summed E-state index contributed by atoms with van der Waals surface area (Å²) in [5.74, 6) is -3.62. The molecule has 0 amide bonds. The van der Waals surface area contributed by atoms with E-state index in [0.717, 1.165) is 40.2 Å². The first-order chi connectivity index (χ1) is 11.4. The minimum atomic E-state index is -1.22. The van der Waals surface area contributed by atoms with Crippen molar-refractivity contribution >= 4 is 35.6 Å². The number of esters is 4. The van der Waals surface area contributed by atoms with Gasteiger partial charge in [0.15, 0.2) is 0 Å². The van der Waals surface area contributed by atoms with E-state index in [1.807, 2.05) is 0 Å². The molecule has 0 saturated carbocycles. The Bertz CT molecular complexity index is 637. The third-order valence-electron chi connectivity index (χ3n) is 3.07. The van der Waals surface area contributed by atoms with Gasteiger partial charge in [-0.3, -0.25) is 4.79 Å². The fourth-order valence-corrected chi connectivity index (χ4v) is 3.18. The predicted molar refractivity (Wildman–Crippen MR) is 82.6 cm³/mol. The minimum absolute atomic E-state index is 0.158. The van der Waals surface area contributed by atoms with Crippen LogP contribution >= 0.6 is 11.8 Å². The van der Waals surface area contributed by atoms with E-state index in [0.29, 0.717) is 0 Å². The number of carbonyl (C=O) groups is 4. The zero-order chi connectivity index (χ0) is 18.4. The van der Waals surface area contributed by atoms with Crippen molar-refractivity contribution in [3.63, 3.8) is 0 Å². The van der Waals surface area contributed by atoms with Gasteiger partial charge in [-0.05, 0) is 0 Å². The third kappa shape index (κ3) is 3.53. The van der Waals surface area contributed by atoms with Gasteiger partial charge in [-0.2, -0.15) is 0 Å². The first kappa shape index (κ1) is 19.6. The molecule has 10 heteroatoms. The molecule has 0 fully saturated rings. The van der Waals surface area contributed by atoms with Crippen molar-refractivity contribution in [2.75, 3.05) is 35.5 Å². The Labute approximate surface area is 142 Å². The summed E-state index contributed by atoms with van der Waals surface area (Å²) in [4.78, 5) is 48.6. The Balaban J connectivity index is 3.80. The maximum atomic E-state index is 12.2. The second kappa shape index (κ2) is 8.39. The molecule has 132 valence electrons. The molecular weight excluding hydrogens is 342 g/mol. The van der Waals surface area contributed by atoms with Crippen molar-refractivity contribution in [3.8, 4) is 0 Å². The molecule has 24 heavy (non-hydrogen) atoms. The lowest BCUT2D eigenvalue weighted by atomic mass is 9.97. The van der Waals surface area contributed by atoms with Crippen molar-refractivity contribution in [2.45, 2.75) is 5.25 Å². The molecule has 0 aromatic rings. The molecule has 0 saturated heterocycles. The van der Waals surface area contributed by atoms with Gasteiger partial charge in [-0.25, -0.2) is 14.4 Å². The Morgan fingerprint density at radius 2 is 1.33 bits per heavy atom. The highest BCUT2D eigenvalue weighted by atomic mass is 32.2. The average molecular weight is 359 g/mol. The van der Waals surface area contributed by atoms with Crippen molar-refractivity contribution in [2.24, 2.45) is 0 Å². The van der Waals surface area contributed by atoms with E-state index >= 15 is 0 Å². The van der Waals surface area contributed by atoms with E-state index in [9.17, 15) is 19.2 Å². The van der Waals surface area contributed by atoms with Crippen LogP contribution < -0.4 is 5.32 Å². The Kier molecular flexibility index (Phi) is 6.83. The summed E-state index contributed by atoms with van der Waals surface area (Å²) in [5.41, 5.74) is -0.979. The van der Waals surface area contributed by atoms with Crippen molar-refractivity contribution in [1.29, 1.82) is 0 Å². The third-order valence-corrected chi connectivity index (χ3v) is 4.38. The topological polar surface area (TPSA) is 117 Å². The summed E-state index contributed by atoms with van der Waals surface area (Å²) < 4.78 is 18.6. The highest BCUT2D eigenvalue weighted by molar-refractivity contribution is 8.04. The summed E-state index contributed by atoms with van der Waals surface area (Å²) in [6, 6.07) is 0. The van der Waals surface area contributed by atoms with Crippen LogP contribution in [0.5, 0.6) is 0 Å². The lowest BCUT2D eigenvalue weighted by molar-refractivity contribution is -0.143. The number of nitrogens with one attached hydrogen (secondary N) is 1. The van der Waals surface area contributed by atoms with Crippen LogP contribution in [0.4, 0.5) is 0 Å². The van der Waals surface area contributed by atoms with Crippen molar-refractivity contribution in [3.05, 3.63) is 21.7 Å². The molecule has 1 heterocycles. The van der Waals surface area contributed by atoms with Gasteiger partial charge in [-0.1, -0.05) is 11.8 Å². The fourth-order valence-electron chi connectivity index (χ4n) is 2.00. The number of hydrogen-bond donors (Lipinski definition) is 1. The number of hydrogen-bond acceptors (Lipinski definition) is 10. The molecule has 0 bridgehead atoms. The van der Waals surface area contributed by atoms with Crippen LogP contribution in [0, 0.1) is 0 Å². The normalized spacial score (nSPS) is 17.1. The highest BCUT2D eigenvalue weighted by Gasteiger charge is 2.44. The first-order valence-electron chi connectivity index (χ1n) is 6.53. The van der Waals surface area contributed by atoms with Crippen molar-refractivity contribution < 1.29 is 38.1 Å². The number of carbonyl (C=O) groups excluding carboxylic acids is 4. The standard InChI is InChI=1S/C14H17NO8S/c1-15-10-8(13(18)22-4)6(11(16)20-2)7(12(17)21-3)9(24-10)14(19)23-5/h9,15H,1-5H3. The van der Waals surface area contributed by atoms with Crippen LogP contribution in [-0.4, -0.2) is 64.6 Å². The SMILES string of the molecule is CNC1=C(C(=O)OC)C(C(=O)OC)=C(C(=O)OC)C(C(=O)OC)S1. The Morgan fingerprint density at radius 1 is 0.833 bits per heavy atom. The van der Waals surface area contributed by atoms with Gasteiger partial charge < -0.3 is 24.3 Å². The van der Waals surface area contributed by atoms with Crippen molar-refractivity contribution in [1.82, 2.24) is 5.32 Å². The van der Waals surface area contributed by atoms with Crippen LogP contribution in [0.15, 0.2) is 21.7 Å². The molecule has 0 aromatic carbocycles. The molecule has 1 aliphatic rings.